The van der Waals surface area contributed by atoms with E-state index in [-0.39, 0.29) is 6.61 Å². The number of aliphatic hydroxyl groups excluding tert-OH is 1. The number of ether oxygens (including phenoxy) is 2. The molecule has 1 unspecified atom stereocenters. The van der Waals surface area contributed by atoms with Crippen LogP contribution in [0.3, 0.4) is 0 Å². The van der Waals surface area contributed by atoms with Gasteiger partial charge in [-0.15, -0.1) is 0 Å². The molecule has 2 N–H and O–H groups in total. The van der Waals surface area contributed by atoms with Crippen molar-refractivity contribution in [1.82, 2.24) is 4.98 Å². The number of halogens is 1. The third-order valence-electron chi connectivity index (χ3n) is 4.30. The van der Waals surface area contributed by atoms with Crippen LogP contribution < -0.4 is 4.74 Å². The maximum Gasteiger partial charge on any atom is 0.138 e. The van der Waals surface area contributed by atoms with Crippen molar-refractivity contribution in [2.75, 3.05) is 19.8 Å². The van der Waals surface area contributed by atoms with Gasteiger partial charge in [-0.2, -0.15) is 0 Å². The summed E-state index contributed by atoms with van der Waals surface area (Å²) >= 11 is 6.27. The van der Waals surface area contributed by atoms with Crippen LogP contribution in [0.1, 0.15) is 12.8 Å². The lowest BCUT2D eigenvalue weighted by Gasteiger charge is -2.35. The van der Waals surface area contributed by atoms with Gasteiger partial charge in [0.05, 0.1) is 10.6 Å². The highest BCUT2D eigenvalue weighted by atomic mass is 35.5. The summed E-state index contributed by atoms with van der Waals surface area (Å²) in [6.07, 6.45) is 3.27. The number of aliphatic hydroxyl groups is 2. The van der Waals surface area contributed by atoms with Crippen LogP contribution in [0, 0.1) is 0 Å². The highest BCUT2D eigenvalue weighted by molar-refractivity contribution is 6.32. The zero-order valence-corrected chi connectivity index (χ0v) is 13.9. The zero-order valence-electron chi connectivity index (χ0n) is 13.2. The Labute approximate surface area is 145 Å². The van der Waals surface area contributed by atoms with Crippen molar-refractivity contribution in [1.29, 1.82) is 0 Å². The monoisotopic (exact) mass is 349 g/mol. The van der Waals surface area contributed by atoms with Gasteiger partial charge >= 0.3 is 0 Å². The molecule has 0 bridgehead atoms. The second kappa shape index (κ2) is 7.49. The van der Waals surface area contributed by atoms with E-state index in [2.05, 4.69) is 4.98 Å². The first-order valence-corrected chi connectivity index (χ1v) is 8.27. The summed E-state index contributed by atoms with van der Waals surface area (Å²) in [6.45, 7) is 0.852. The lowest BCUT2D eigenvalue weighted by atomic mass is 9.89. The summed E-state index contributed by atoms with van der Waals surface area (Å²) < 4.78 is 10.8. The van der Waals surface area contributed by atoms with E-state index in [9.17, 15) is 10.2 Å². The third kappa shape index (κ3) is 3.87. The number of hydrogen-bond donors (Lipinski definition) is 2. The predicted octanol–water partition coefficient (Wildman–Crippen LogP) is 2.68. The van der Waals surface area contributed by atoms with Gasteiger partial charge in [0, 0.05) is 44.0 Å². The third-order valence-corrected chi connectivity index (χ3v) is 4.60. The standard InChI is InChI=1S/C18H20ClNO4/c19-15-10-13(14-2-1-7-20-11-14)3-4-16(15)24-12-17(21)18(22)5-8-23-9-6-18/h1-4,7,10-11,17,21-22H,5-6,8-9,12H2. The average molecular weight is 350 g/mol. The smallest absolute Gasteiger partial charge is 0.138 e. The summed E-state index contributed by atoms with van der Waals surface area (Å²) in [5.41, 5.74) is 0.729. The molecule has 1 aliphatic heterocycles. The number of hydrogen-bond acceptors (Lipinski definition) is 5. The molecule has 24 heavy (non-hydrogen) atoms. The lowest BCUT2D eigenvalue weighted by Crippen LogP contribution is -2.49. The molecular weight excluding hydrogens is 330 g/mol. The summed E-state index contributed by atoms with van der Waals surface area (Å²) in [5.74, 6) is 0.471. The van der Waals surface area contributed by atoms with E-state index in [4.69, 9.17) is 21.1 Å². The Balaban J connectivity index is 1.65. The Morgan fingerprint density at radius 3 is 2.71 bits per heavy atom. The molecule has 0 saturated carbocycles. The molecule has 0 amide bonds. The minimum Gasteiger partial charge on any atom is -0.489 e. The van der Waals surface area contributed by atoms with Crippen molar-refractivity contribution in [3.8, 4) is 16.9 Å². The molecular formula is C18H20ClNO4. The first kappa shape index (κ1) is 17.2. The molecule has 1 aromatic heterocycles. The van der Waals surface area contributed by atoms with Gasteiger partial charge in [-0.3, -0.25) is 4.98 Å². The maximum atomic E-state index is 10.4. The van der Waals surface area contributed by atoms with Gasteiger partial charge in [-0.05, 0) is 23.8 Å². The highest BCUT2D eigenvalue weighted by Gasteiger charge is 2.37. The lowest BCUT2D eigenvalue weighted by molar-refractivity contribution is -0.140. The second-order valence-corrected chi connectivity index (χ2v) is 6.34. The predicted molar refractivity (Wildman–Crippen MR) is 91.2 cm³/mol. The van der Waals surface area contributed by atoms with Crippen LogP contribution in [0.2, 0.25) is 5.02 Å². The molecule has 2 heterocycles. The molecule has 6 heteroatoms. The van der Waals surface area contributed by atoms with E-state index in [1.807, 2.05) is 18.2 Å². The van der Waals surface area contributed by atoms with Crippen LogP contribution in [-0.2, 0) is 4.74 Å². The molecule has 1 aromatic carbocycles. The number of pyridine rings is 1. The van der Waals surface area contributed by atoms with E-state index in [1.165, 1.54) is 0 Å². The van der Waals surface area contributed by atoms with Crippen molar-refractivity contribution in [2.45, 2.75) is 24.5 Å². The summed E-state index contributed by atoms with van der Waals surface area (Å²) in [5, 5.41) is 21.1. The van der Waals surface area contributed by atoms with Crippen LogP contribution >= 0.6 is 11.6 Å². The van der Waals surface area contributed by atoms with Crippen molar-refractivity contribution in [3.63, 3.8) is 0 Å². The van der Waals surface area contributed by atoms with Crippen molar-refractivity contribution < 1.29 is 19.7 Å². The van der Waals surface area contributed by atoms with Gasteiger partial charge in [-0.25, -0.2) is 0 Å². The van der Waals surface area contributed by atoms with Gasteiger partial charge in [-0.1, -0.05) is 23.7 Å². The fourth-order valence-electron chi connectivity index (χ4n) is 2.71. The van der Waals surface area contributed by atoms with Gasteiger partial charge in [0.15, 0.2) is 0 Å². The fraction of sp³-hybridized carbons (Fsp3) is 0.389. The first-order valence-electron chi connectivity index (χ1n) is 7.89. The fourth-order valence-corrected chi connectivity index (χ4v) is 2.95. The first-order chi connectivity index (χ1) is 11.6. The summed E-state index contributed by atoms with van der Waals surface area (Å²) in [7, 11) is 0. The minimum atomic E-state index is -1.17. The average Bonchev–Trinajstić information content (AvgIpc) is 2.61. The van der Waals surface area contributed by atoms with Crippen LogP contribution in [0.5, 0.6) is 5.75 Å². The maximum absolute atomic E-state index is 10.4. The number of benzene rings is 1. The van der Waals surface area contributed by atoms with Gasteiger partial charge < -0.3 is 19.7 Å². The molecule has 5 nitrogen and oxygen atoms in total. The van der Waals surface area contributed by atoms with Crippen LogP contribution in [0.4, 0.5) is 0 Å². The molecule has 2 aromatic rings. The van der Waals surface area contributed by atoms with Gasteiger partial charge in [0.25, 0.3) is 0 Å². The Bertz CT molecular complexity index is 674. The van der Waals surface area contributed by atoms with Crippen molar-refractivity contribution in [2.24, 2.45) is 0 Å². The Kier molecular flexibility index (Phi) is 5.36. The molecule has 1 saturated heterocycles. The van der Waals surface area contributed by atoms with E-state index in [0.29, 0.717) is 36.8 Å². The largest absolute Gasteiger partial charge is 0.489 e. The topological polar surface area (TPSA) is 71.8 Å². The normalized spacial score (nSPS) is 18.1. The van der Waals surface area contributed by atoms with Gasteiger partial charge in [0.1, 0.15) is 18.5 Å². The second-order valence-electron chi connectivity index (χ2n) is 5.93. The van der Waals surface area contributed by atoms with E-state index >= 15 is 0 Å². The van der Waals surface area contributed by atoms with Crippen LogP contribution in [0.25, 0.3) is 11.1 Å². The van der Waals surface area contributed by atoms with Gasteiger partial charge in [0.2, 0.25) is 0 Å². The molecule has 0 aliphatic carbocycles. The molecule has 3 rings (SSSR count). The highest BCUT2D eigenvalue weighted by Crippen LogP contribution is 2.31. The van der Waals surface area contributed by atoms with E-state index in [0.717, 1.165) is 11.1 Å². The molecule has 0 radical (unpaired) electrons. The minimum absolute atomic E-state index is 0.0253. The SMILES string of the molecule is OC(COc1ccc(-c2cccnc2)cc1Cl)C1(O)CCOCC1. The molecule has 1 fully saturated rings. The van der Waals surface area contributed by atoms with E-state index < -0.39 is 11.7 Å². The van der Waals surface area contributed by atoms with E-state index in [1.54, 1.807) is 24.5 Å². The Hall–Kier alpha value is -1.66. The number of nitrogens with zero attached hydrogens (tertiary/aromatic N) is 1. The molecule has 0 spiro atoms. The van der Waals surface area contributed by atoms with Crippen LogP contribution in [-0.4, -0.2) is 46.7 Å². The van der Waals surface area contributed by atoms with Crippen molar-refractivity contribution in [3.05, 3.63) is 47.7 Å². The summed E-state index contributed by atoms with van der Waals surface area (Å²) in [6, 6.07) is 9.24. The summed E-state index contributed by atoms with van der Waals surface area (Å²) in [4.78, 5) is 4.09. The molecule has 1 atom stereocenters. The molecule has 1 aliphatic rings. The Morgan fingerprint density at radius 2 is 2.04 bits per heavy atom. The Morgan fingerprint density at radius 1 is 1.25 bits per heavy atom. The van der Waals surface area contributed by atoms with Crippen molar-refractivity contribution >= 4 is 11.6 Å². The quantitative estimate of drug-likeness (QED) is 0.868. The van der Waals surface area contributed by atoms with Crippen LogP contribution in [0.15, 0.2) is 42.7 Å². The number of aromatic nitrogens is 1. The zero-order chi connectivity index (χ0) is 17.0. The number of rotatable bonds is 5. The molecule has 128 valence electrons.